The molecule has 0 aromatic rings. The molecule has 1 unspecified atom stereocenters. The van der Waals surface area contributed by atoms with E-state index < -0.39 is 11.4 Å². The van der Waals surface area contributed by atoms with E-state index in [0.717, 1.165) is 0 Å². The molecular weight excluding hydrogens is 173 g/mol. The van der Waals surface area contributed by atoms with E-state index >= 15 is 0 Å². The fraction of sp³-hybridized carbons (Fsp3) is 0.889. The largest absolute Gasteiger partial charge is 0.481 e. The normalized spacial score (nSPS) is 29.4. The lowest BCUT2D eigenvalue weighted by atomic mass is 9.84. The molecule has 3 nitrogen and oxygen atoms in total. The van der Waals surface area contributed by atoms with Gasteiger partial charge in [0.2, 0.25) is 0 Å². The molecule has 1 atom stereocenters. The number of carboxylic acid groups (broad SMARTS) is 1. The first-order valence-corrected chi connectivity index (χ1v) is 4.66. The quantitative estimate of drug-likeness (QED) is 0.721. The molecule has 1 saturated heterocycles. The number of alkyl halides is 1. The van der Waals surface area contributed by atoms with Gasteiger partial charge in [0, 0.05) is 13.1 Å². The summed E-state index contributed by atoms with van der Waals surface area (Å²) >= 11 is 0. The van der Waals surface area contributed by atoms with E-state index in [2.05, 4.69) is 0 Å². The number of likely N-dealkylation sites (tertiary alicyclic amines) is 1. The number of hydrogen-bond donors (Lipinski definition) is 1. The molecule has 0 saturated carbocycles. The van der Waals surface area contributed by atoms with Gasteiger partial charge in [0.05, 0.1) is 5.41 Å². The number of halogens is 1. The van der Waals surface area contributed by atoms with Crippen molar-refractivity contribution in [2.45, 2.75) is 19.8 Å². The molecule has 1 fully saturated rings. The third kappa shape index (κ3) is 1.99. The Labute approximate surface area is 77.5 Å². The smallest absolute Gasteiger partial charge is 0.310 e. The van der Waals surface area contributed by atoms with Crippen LogP contribution >= 0.6 is 0 Å². The number of carbonyl (C=O) groups is 1. The Morgan fingerprint density at radius 2 is 2.38 bits per heavy atom. The van der Waals surface area contributed by atoms with Crippen LogP contribution in [0, 0.1) is 5.41 Å². The van der Waals surface area contributed by atoms with Crippen LogP contribution in [0.1, 0.15) is 19.8 Å². The van der Waals surface area contributed by atoms with Gasteiger partial charge in [0.25, 0.3) is 0 Å². The Hall–Kier alpha value is -0.640. The van der Waals surface area contributed by atoms with Crippen molar-refractivity contribution >= 4 is 5.97 Å². The predicted octanol–water partition coefficient (Wildman–Crippen LogP) is 1.14. The number of hydrogen-bond acceptors (Lipinski definition) is 2. The highest BCUT2D eigenvalue weighted by Crippen LogP contribution is 2.33. The summed E-state index contributed by atoms with van der Waals surface area (Å²) in [5.41, 5.74) is -0.616. The zero-order valence-electron chi connectivity index (χ0n) is 7.92. The molecule has 4 heteroatoms. The van der Waals surface area contributed by atoms with Crippen LogP contribution in [0.15, 0.2) is 0 Å². The van der Waals surface area contributed by atoms with Crippen LogP contribution in [-0.2, 0) is 4.79 Å². The highest BCUT2D eigenvalue weighted by molar-refractivity contribution is 5.75. The summed E-state index contributed by atoms with van der Waals surface area (Å²) < 4.78 is 12.0. The minimum absolute atomic E-state index is 0.370. The first-order valence-electron chi connectivity index (χ1n) is 4.66. The summed E-state index contributed by atoms with van der Waals surface area (Å²) in [5, 5.41) is 9.03. The molecule has 0 amide bonds. The van der Waals surface area contributed by atoms with E-state index in [-0.39, 0.29) is 6.67 Å². The van der Waals surface area contributed by atoms with Gasteiger partial charge in [-0.1, -0.05) is 6.92 Å². The van der Waals surface area contributed by atoms with Gasteiger partial charge in [0.15, 0.2) is 0 Å². The summed E-state index contributed by atoms with van der Waals surface area (Å²) in [7, 11) is 0. The second-order valence-electron chi connectivity index (χ2n) is 3.65. The summed E-state index contributed by atoms with van der Waals surface area (Å²) in [5.74, 6) is -0.739. The third-order valence-electron chi connectivity index (χ3n) is 2.96. The molecule has 0 spiro atoms. The molecule has 76 valence electrons. The Morgan fingerprint density at radius 1 is 1.69 bits per heavy atom. The van der Waals surface area contributed by atoms with E-state index in [1.54, 1.807) is 0 Å². The topological polar surface area (TPSA) is 40.5 Å². The Kier molecular flexibility index (Phi) is 3.25. The zero-order chi connectivity index (χ0) is 9.90. The number of rotatable bonds is 4. The average molecular weight is 189 g/mol. The number of aliphatic carboxylic acids is 1. The van der Waals surface area contributed by atoms with Crippen molar-refractivity contribution in [2.75, 3.05) is 26.3 Å². The molecule has 0 radical (unpaired) electrons. The fourth-order valence-corrected chi connectivity index (χ4v) is 1.88. The third-order valence-corrected chi connectivity index (χ3v) is 2.96. The Morgan fingerprint density at radius 3 is 2.77 bits per heavy atom. The Bertz CT molecular complexity index is 198. The molecule has 1 N–H and O–H groups in total. The molecule has 1 aliphatic heterocycles. The van der Waals surface area contributed by atoms with Crippen LogP contribution in [0.25, 0.3) is 0 Å². The van der Waals surface area contributed by atoms with Crippen LogP contribution in [0.5, 0.6) is 0 Å². The fourth-order valence-electron chi connectivity index (χ4n) is 1.88. The molecule has 0 aromatic carbocycles. The molecule has 0 aliphatic carbocycles. The van der Waals surface area contributed by atoms with Gasteiger partial charge >= 0.3 is 5.97 Å². The monoisotopic (exact) mass is 189 g/mol. The van der Waals surface area contributed by atoms with Crippen molar-refractivity contribution in [1.82, 2.24) is 4.90 Å². The second kappa shape index (κ2) is 4.05. The van der Waals surface area contributed by atoms with Crippen LogP contribution in [0.4, 0.5) is 4.39 Å². The maximum Gasteiger partial charge on any atom is 0.310 e. The molecule has 13 heavy (non-hydrogen) atoms. The van der Waals surface area contributed by atoms with Gasteiger partial charge in [-0.15, -0.1) is 0 Å². The summed E-state index contributed by atoms with van der Waals surface area (Å²) in [4.78, 5) is 12.9. The van der Waals surface area contributed by atoms with Crippen LogP contribution in [-0.4, -0.2) is 42.3 Å². The molecule has 0 aromatic heterocycles. The summed E-state index contributed by atoms with van der Waals surface area (Å²) in [6, 6.07) is 0. The maximum absolute atomic E-state index is 12.0. The van der Waals surface area contributed by atoms with Gasteiger partial charge in [-0.25, -0.2) is 4.39 Å². The predicted molar refractivity (Wildman–Crippen MR) is 47.4 cm³/mol. The van der Waals surface area contributed by atoms with Crippen molar-refractivity contribution in [3.8, 4) is 0 Å². The van der Waals surface area contributed by atoms with Crippen LogP contribution in [0.3, 0.4) is 0 Å². The lowest BCUT2D eigenvalue weighted by molar-refractivity contribution is -0.148. The number of carboxylic acids is 1. The summed E-state index contributed by atoms with van der Waals surface area (Å²) in [6.07, 6.45) is 1.28. The van der Waals surface area contributed by atoms with Gasteiger partial charge in [0.1, 0.15) is 6.67 Å². The Balaban J connectivity index is 2.58. The van der Waals surface area contributed by atoms with Gasteiger partial charge in [-0.3, -0.25) is 9.69 Å². The SMILES string of the molecule is CCC1(C(=O)O)CCN(CCF)C1. The molecular formula is C9H16FNO2. The van der Waals surface area contributed by atoms with Crippen LogP contribution < -0.4 is 0 Å². The highest BCUT2D eigenvalue weighted by Gasteiger charge is 2.42. The average Bonchev–Trinajstić information content (AvgIpc) is 2.50. The summed E-state index contributed by atoms with van der Waals surface area (Å²) in [6.45, 7) is 3.08. The highest BCUT2D eigenvalue weighted by atomic mass is 19.1. The minimum atomic E-state index is -0.739. The van der Waals surface area contributed by atoms with Crippen molar-refractivity contribution in [3.63, 3.8) is 0 Å². The molecule has 1 heterocycles. The molecule has 1 rings (SSSR count). The van der Waals surface area contributed by atoms with E-state index in [1.807, 2.05) is 11.8 Å². The lowest BCUT2D eigenvalue weighted by Gasteiger charge is -2.22. The molecule has 1 aliphatic rings. The van der Waals surface area contributed by atoms with E-state index in [0.29, 0.717) is 32.5 Å². The van der Waals surface area contributed by atoms with E-state index in [4.69, 9.17) is 5.11 Å². The van der Waals surface area contributed by atoms with Crippen molar-refractivity contribution in [3.05, 3.63) is 0 Å². The second-order valence-corrected chi connectivity index (χ2v) is 3.65. The van der Waals surface area contributed by atoms with Crippen molar-refractivity contribution in [2.24, 2.45) is 5.41 Å². The minimum Gasteiger partial charge on any atom is -0.481 e. The van der Waals surface area contributed by atoms with Gasteiger partial charge in [-0.2, -0.15) is 0 Å². The first kappa shape index (κ1) is 10.4. The lowest BCUT2D eigenvalue weighted by Crippen LogP contribution is -2.34. The van der Waals surface area contributed by atoms with Gasteiger partial charge < -0.3 is 5.11 Å². The number of nitrogens with zero attached hydrogens (tertiary/aromatic N) is 1. The van der Waals surface area contributed by atoms with Crippen molar-refractivity contribution < 1.29 is 14.3 Å². The van der Waals surface area contributed by atoms with Gasteiger partial charge in [-0.05, 0) is 19.4 Å². The molecule has 0 bridgehead atoms. The van der Waals surface area contributed by atoms with E-state index in [9.17, 15) is 9.18 Å². The van der Waals surface area contributed by atoms with E-state index in [1.165, 1.54) is 0 Å². The maximum atomic E-state index is 12.0. The van der Waals surface area contributed by atoms with Crippen molar-refractivity contribution in [1.29, 1.82) is 0 Å². The first-order chi connectivity index (χ1) is 6.14. The zero-order valence-corrected chi connectivity index (χ0v) is 7.92. The van der Waals surface area contributed by atoms with Crippen LogP contribution in [0.2, 0.25) is 0 Å². The standard InChI is InChI=1S/C9H16FNO2/c1-2-9(8(12)13)3-5-11(7-9)6-4-10/h2-7H2,1H3,(H,12,13).